The highest BCUT2D eigenvalue weighted by atomic mass is 16.5. The number of hydrogen-bond donors (Lipinski definition) is 2. The third kappa shape index (κ3) is 3.42. The summed E-state index contributed by atoms with van der Waals surface area (Å²) in [7, 11) is 1.67. The fourth-order valence-corrected chi connectivity index (χ4v) is 2.22. The van der Waals surface area contributed by atoms with E-state index < -0.39 is 5.60 Å². The van der Waals surface area contributed by atoms with Crippen molar-refractivity contribution in [2.45, 2.75) is 18.4 Å². The first-order valence-electron chi connectivity index (χ1n) is 6.27. The Kier molecular flexibility index (Phi) is 4.01. The van der Waals surface area contributed by atoms with Gasteiger partial charge in [-0.25, -0.2) is 4.98 Å². The van der Waals surface area contributed by atoms with Gasteiger partial charge in [0.1, 0.15) is 5.82 Å². The average molecular weight is 265 g/mol. The third-order valence-corrected chi connectivity index (χ3v) is 3.33. The maximum Gasteiger partial charge on any atom is 0.253 e. The molecule has 6 heteroatoms. The lowest BCUT2D eigenvalue weighted by Crippen LogP contribution is -2.47. The van der Waals surface area contributed by atoms with Crippen LogP contribution in [-0.4, -0.2) is 53.3 Å². The number of hydrogen-bond acceptors (Lipinski definition) is 5. The van der Waals surface area contributed by atoms with Crippen molar-refractivity contribution in [1.82, 2.24) is 9.88 Å². The van der Waals surface area contributed by atoms with Gasteiger partial charge in [-0.2, -0.15) is 0 Å². The van der Waals surface area contributed by atoms with Crippen LogP contribution in [0.15, 0.2) is 18.3 Å². The van der Waals surface area contributed by atoms with E-state index in [0.29, 0.717) is 37.4 Å². The van der Waals surface area contributed by atoms with Gasteiger partial charge >= 0.3 is 0 Å². The molecule has 0 atom stereocenters. The van der Waals surface area contributed by atoms with E-state index in [9.17, 15) is 9.90 Å². The van der Waals surface area contributed by atoms with Crippen LogP contribution in [0.25, 0.3) is 0 Å². The molecular formula is C13H19N3O3. The highest BCUT2D eigenvalue weighted by Gasteiger charge is 2.32. The van der Waals surface area contributed by atoms with Crippen LogP contribution in [-0.2, 0) is 4.74 Å². The number of nitrogens with two attached hydrogens (primary N) is 1. The van der Waals surface area contributed by atoms with E-state index in [1.807, 2.05) is 0 Å². The molecule has 1 aliphatic rings. The summed E-state index contributed by atoms with van der Waals surface area (Å²) in [6.45, 7) is 1.35. The number of aromatic nitrogens is 1. The molecule has 0 bridgehead atoms. The smallest absolute Gasteiger partial charge is 0.253 e. The molecule has 2 rings (SSSR count). The van der Waals surface area contributed by atoms with Crippen molar-refractivity contribution in [3.05, 3.63) is 23.9 Å². The van der Waals surface area contributed by atoms with Crippen molar-refractivity contribution in [3.8, 4) is 0 Å². The zero-order valence-corrected chi connectivity index (χ0v) is 11.0. The molecule has 1 saturated heterocycles. The van der Waals surface area contributed by atoms with Crippen LogP contribution >= 0.6 is 0 Å². The minimum Gasteiger partial charge on any atom is -0.388 e. The van der Waals surface area contributed by atoms with Crippen LogP contribution in [0.2, 0.25) is 0 Å². The highest BCUT2D eigenvalue weighted by Crippen LogP contribution is 2.22. The minimum atomic E-state index is -0.860. The van der Waals surface area contributed by atoms with Crippen LogP contribution in [0.5, 0.6) is 0 Å². The fraction of sp³-hybridized carbons (Fsp3) is 0.538. The number of carbonyl (C=O) groups is 1. The van der Waals surface area contributed by atoms with Gasteiger partial charge in [0.15, 0.2) is 0 Å². The largest absolute Gasteiger partial charge is 0.388 e. The first-order valence-corrected chi connectivity index (χ1v) is 6.27. The number of likely N-dealkylation sites (N-methyl/N-ethyl adjacent to an activating group) is 1. The van der Waals surface area contributed by atoms with Crippen LogP contribution in [0.1, 0.15) is 23.2 Å². The normalized spacial score (nSPS) is 18.0. The Hall–Kier alpha value is -1.66. The van der Waals surface area contributed by atoms with Gasteiger partial charge < -0.3 is 20.5 Å². The first-order chi connectivity index (χ1) is 9.00. The second kappa shape index (κ2) is 5.54. The maximum absolute atomic E-state index is 12.2. The number of nitrogen functional groups attached to an aromatic ring is 1. The Balaban J connectivity index is 2.03. The van der Waals surface area contributed by atoms with Crippen molar-refractivity contribution < 1.29 is 14.6 Å². The Labute approximate surface area is 112 Å². The van der Waals surface area contributed by atoms with Crippen molar-refractivity contribution in [3.63, 3.8) is 0 Å². The predicted molar refractivity (Wildman–Crippen MR) is 70.6 cm³/mol. The number of carbonyl (C=O) groups excluding carboxylic acids is 1. The Morgan fingerprint density at radius 1 is 1.58 bits per heavy atom. The summed E-state index contributed by atoms with van der Waals surface area (Å²) in [6.07, 6.45) is 2.59. The van der Waals surface area contributed by atoms with Crippen molar-refractivity contribution >= 4 is 11.7 Å². The SMILES string of the molecule is CN(CC1(O)CCOCC1)C(=O)c1ccnc(N)c1. The summed E-state index contributed by atoms with van der Waals surface area (Å²) in [5.41, 5.74) is 5.18. The van der Waals surface area contributed by atoms with E-state index in [2.05, 4.69) is 4.98 Å². The van der Waals surface area contributed by atoms with E-state index >= 15 is 0 Å². The number of aliphatic hydroxyl groups is 1. The van der Waals surface area contributed by atoms with Crippen molar-refractivity contribution in [2.75, 3.05) is 32.5 Å². The monoisotopic (exact) mass is 265 g/mol. The number of anilines is 1. The molecule has 0 aromatic carbocycles. The van der Waals surface area contributed by atoms with E-state index in [1.54, 1.807) is 13.1 Å². The molecule has 1 fully saturated rings. The molecule has 0 unspecified atom stereocenters. The summed E-state index contributed by atoms with van der Waals surface area (Å²) in [4.78, 5) is 17.6. The summed E-state index contributed by atoms with van der Waals surface area (Å²) < 4.78 is 5.22. The molecule has 19 heavy (non-hydrogen) atoms. The van der Waals surface area contributed by atoms with Gasteiger partial charge in [-0.1, -0.05) is 0 Å². The third-order valence-electron chi connectivity index (χ3n) is 3.33. The summed E-state index contributed by atoms with van der Waals surface area (Å²) in [5.74, 6) is 0.137. The minimum absolute atomic E-state index is 0.172. The number of amides is 1. The van der Waals surface area contributed by atoms with Crippen LogP contribution in [0.3, 0.4) is 0 Å². The van der Waals surface area contributed by atoms with Gasteiger partial charge in [0.25, 0.3) is 5.91 Å². The van der Waals surface area contributed by atoms with Gasteiger partial charge in [-0.15, -0.1) is 0 Å². The molecule has 6 nitrogen and oxygen atoms in total. The fourth-order valence-electron chi connectivity index (χ4n) is 2.22. The zero-order chi connectivity index (χ0) is 13.9. The Morgan fingerprint density at radius 3 is 2.89 bits per heavy atom. The van der Waals surface area contributed by atoms with Gasteiger partial charge in [-0.05, 0) is 12.1 Å². The molecular weight excluding hydrogens is 246 g/mol. The molecule has 0 saturated carbocycles. The molecule has 0 radical (unpaired) electrons. The van der Waals surface area contributed by atoms with Gasteiger partial charge in [0, 0.05) is 51.4 Å². The molecule has 0 aliphatic carbocycles. The summed E-state index contributed by atoms with van der Waals surface area (Å²) in [6, 6.07) is 3.15. The van der Waals surface area contributed by atoms with Crippen LogP contribution in [0, 0.1) is 0 Å². The molecule has 1 amide bonds. The topological polar surface area (TPSA) is 88.7 Å². The van der Waals surface area contributed by atoms with Gasteiger partial charge in [-0.3, -0.25) is 4.79 Å². The second-order valence-corrected chi connectivity index (χ2v) is 4.97. The van der Waals surface area contributed by atoms with Crippen LogP contribution in [0.4, 0.5) is 5.82 Å². The number of nitrogens with zero attached hydrogens (tertiary/aromatic N) is 2. The van der Waals surface area contributed by atoms with Gasteiger partial charge in [0.05, 0.1) is 5.60 Å². The Bertz CT molecular complexity index is 458. The van der Waals surface area contributed by atoms with E-state index in [-0.39, 0.29) is 12.5 Å². The molecule has 0 spiro atoms. The number of pyridine rings is 1. The van der Waals surface area contributed by atoms with E-state index in [4.69, 9.17) is 10.5 Å². The second-order valence-electron chi connectivity index (χ2n) is 4.97. The van der Waals surface area contributed by atoms with Crippen molar-refractivity contribution in [1.29, 1.82) is 0 Å². The molecule has 1 aliphatic heterocycles. The van der Waals surface area contributed by atoms with Crippen molar-refractivity contribution in [2.24, 2.45) is 0 Å². The van der Waals surface area contributed by atoms with Crippen LogP contribution < -0.4 is 5.73 Å². The standard InChI is InChI=1S/C13H19N3O3/c1-16(9-13(18)3-6-19-7-4-13)12(17)10-2-5-15-11(14)8-10/h2,5,8,18H,3-4,6-7,9H2,1H3,(H2,14,15). The molecule has 1 aromatic rings. The molecule has 3 N–H and O–H groups in total. The molecule has 1 aromatic heterocycles. The molecule has 104 valence electrons. The lowest BCUT2D eigenvalue weighted by Gasteiger charge is -2.35. The first kappa shape index (κ1) is 13.8. The summed E-state index contributed by atoms with van der Waals surface area (Å²) in [5, 5.41) is 10.4. The lowest BCUT2D eigenvalue weighted by molar-refractivity contribution is -0.0734. The predicted octanol–water partition coefficient (Wildman–Crippen LogP) is 0.277. The highest BCUT2D eigenvalue weighted by molar-refractivity contribution is 5.94. The van der Waals surface area contributed by atoms with E-state index in [1.165, 1.54) is 17.2 Å². The molecule has 2 heterocycles. The number of rotatable bonds is 3. The zero-order valence-electron chi connectivity index (χ0n) is 11.0. The van der Waals surface area contributed by atoms with E-state index in [0.717, 1.165) is 0 Å². The van der Waals surface area contributed by atoms with Gasteiger partial charge in [0.2, 0.25) is 0 Å². The Morgan fingerprint density at radius 2 is 2.26 bits per heavy atom. The average Bonchev–Trinajstić information content (AvgIpc) is 2.38. The number of ether oxygens (including phenoxy) is 1. The lowest BCUT2D eigenvalue weighted by atomic mass is 9.94. The quantitative estimate of drug-likeness (QED) is 0.819. The summed E-state index contributed by atoms with van der Waals surface area (Å²) >= 11 is 0. The maximum atomic E-state index is 12.2.